The maximum Gasteiger partial charge on any atom is 0.185 e. The molecule has 1 aromatic heterocycles. The van der Waals surface area contributed by atoms with Crippen LogP contribution >= 0.6 is 11.3 Å². The van der Waals surface area contributed by atoms with E-state index in [0.717, 1.165) is 29.2 Å². The highest BCUT2D eigenvalue weighted by Crippen LogP contribution is 2.38. The van der Waals surface area contributed by atoms with Crippen LogP contribution in [0.4, 0.5) is 5.13 Å². The van der Waals surface area contributed by atoms with Gasteiger partial charge in [-0.1, -0.05) is 19.3 Å². The van der Waals surface area contributed by atoms with Crippen molar-refractivity contribution >= 4 is 16.5 Å². The number of rotatable bonds is 4. The standard InChI is InChI=1S/C15H25N3OS/c1-19-10-13-14(8-16)20-15(17-13)18-7-6-11-4-2-3-5-12(11)9-18/h11-12H,2-10,16H2,1H3. The van der Waals surface area contributed by atoms with Crippen LogP contribution in [-0.4, -0.2) is 25.2 Å². The van der Waals surface area contributed by atoms with Gasteiger partial charge < -0.3 is 15.4 Å². The van der Waals surface area contributed by atoms with E-state index in [-0.39, 0.29) is 0 Å². The molecule has 1 saturated heterocycles. The lowest BCUT2D eigenvalue weighted by Gasteiger charge is -2.41. The van der Waals surface area contributed by atoms with Gasteiger partial charge in [-0.05, 0) is 24.7 Å². The number of nitrogens with two attached hydrogens (primary N) is 1. The number of piperidine rings is 1. The Balaban J connectivity index is 1.72. The van der Waals surface area contributed by atoms with Crippen molar-refractivity contribution in [3.63, 3.8) is 0 Å². The monoisotopic (exact) mass is 295 g/mol. The fourth-order valence-electron chi connectivity index (χ4n) is 3.69. The molecule has 1 saturated carbocycles. The van der Waals surface area contributed by atoms with Gasteiger partial charge >= 0.3 is 0 Å². The Labute approximate surface area is 125 Å². The van der Waals surface area contributed by atoms with E-state index in [1.54, 1.807) is 18.4 Å². The number of hydrogen-bond donors (Lipinski definition) is 1. The highest BCUT2D eigenvalue weighted by Gasteiger charge is 2.32. The molecule has 1 aliphatic carbocycles. The van der Waals surface area contributed by atoms with E-state index in [1.807, 2.05) is 0 Å². The average Bonchev–Trinajstić information content (AvgIpc) is 2.90. The molecule has 3 rings (SSSR count). The van der Waals surface area contributed by atoms with Crippen LogP contribution in [-0.2, 0) is 17.9 Å². The number of ether oxygens (including phenoxy) is 1. The number of nitrogens with zero attached hydrogens (tertiary/aromatic N) is 2. The van der Waals surface area contributed by atoms with Crippen molar-refractivity contribution in [2.75, 3.05) is 25.1 Å². The zero-order valence-corrected chi connectivity index (χ0v) is 13.1. The summed E-state index contributed by atoms with van der Waals surface area (Å²) in [4.78, 5) is 8.43. The molecule has 2 aliphatic rings. The Hall–Kier alpha value is -0.650. The fourth-order valence-corrected chi connectivity index (χ4v) is 4.67. The maximum absolute atomic E-state index is 5.83. The Kier molecular flexibility index (Phi) is 4.58. The molecule has 1 aliphatic heterocycles. The summed E-state index contributed by atoms with van der Waals surface area (Å²) >= 11 is 1.76. The van der Waals surface area contributed by atoms with Crippen LogP contribution in [0.15, 0.2) is 0 Å². The molecule has 4 nitrogen and oxygen atoms in total. The van der Waals surface area contributed by atoms with Crippen molar-refractivity contribution in [1.82, 2.24) is 4.98 Å². The second-order valence-corrected chi connectivity index (χ2v) is 7.10. The van der Waals surface area contributed by atoms with Crippen LogP contribution in [0.5, 0.6) is 0 Å². The molecule has 112 valence electrons. The van der Waals surface area contributed by atoms with Crippen LogP contribution < -0.4 is 10.6 Å². The third-order valence-electron chi connectivity index (χ3n) is 4.80. The van der Waals surface area contributed by atoms with Gasteiger partial charge in [-0.3, -0.25) is 0 Å². The quantitative estimate of drug-likeness (QED) is 0.928. The fraction of sp³-hybridized carbons (Fsp3) is 0.800. The Morgan fingerprint density at radius 1 is 1.30 bits per heavy atom. The molecule has 0 bridgehead atoms. The van der Waals surface area contributed by atoms with Crippen molar-refractivity contribution in [3.8, 4) is 0 Å². The van der Waals surface area contributed by atoms with Crippen molar-refractivity contribution < 1.29 is 4.74 Å². The van der Waals surface area contributed by atoms with Gasteiger partial charge in [-0.25, -0.2) is 4.98 Å². The van der Waals surface area contributed by atoms with Crippen LogP contribution in [0.2, 0.25) is 0 Å². The lowest BCUT2D eigenvalue weighted by Crippen LogP contribution is -2.41. The van der Waals surface area contributed by atoms with E-state index in [9.17, 15) is 0 Å². The van der Waals surface area contributed by atoms with E-state index < -0.39 is 0 Å². The second kappa shape index (κ2) is 6.41. The van der Waals surface area contributed by atoms with Crippen molar-refractivity contribution in [2.45, 2.75) is 45.3 Å². The number of anilines is 1. The summed E-state index contributed by atoms with van der Waals surface area (Å²) in [6.07, 6.45) is 7.03. The SMILES string of the molecule is COCc1nc(N2CCC3CCCCC3C2)sc1CN. The first kappa shape index (κ1) is 14.3. The van der Waals surface area contributed by atoms with E-state index >= 15 is 0 Å². The van der Waals surface area contributed by atoms with Gasteiger partial charge in [0.2, 0.25) is 0 Å². The van der Waals surface area contributed by atoms with E-state index in [0.29, 0.717) is 13.2 Å². The van der Waals surface area contributed by atoms with Gasteiger partial charge in [-0.2, -0.15) is 0 Å². The van der Waals surface area contributed by atoms with E-state index in [4.69, 9.17) is 15.5 Å². The van der Waals surface area contributed by atoms with Gasteiger partial charge in [-0.15, -0.1) is 11.3 Å². The Bertz CT molecular complexity index is 448. The summed E-state index contributed by atoms with van der Waals surface area (Å²) in [6, 6.07) is 0. The third kappa shape index (κ3) is 2.85. The van der Waals surface area contributed by atoms with Crippen LogP contribution in [0.3, 0.4) is 0 Å². The predicted octanol–water partition coefficient (Wildman–Crippen LogP) is 2.76. The highest BCUT2D eigenvalue weighted by atomic mass is 32.1. The van der Waals surface area contributed by atoms with E-state index in [2.05, 4.69) is 4.90 Å². The van der Waals surface area contributed by atoms with E-state index in [1.165, 1.54) is 43.5 Å². The smallest absolute Gasteiger partial charge is 0.185 e. The first-order chi connectivity index (χ1) is 9.81. The number of fused-ring (bicyclic) bond motifs is 1. The first-order valence-corrected chi connectivity index (χ1v) is 8.56. The zero-order chi connectivity index (χ0) is 13.9. The molecule has 0 radical (unpaired) electrons. The Morgan fingerprint density at radius 2 is 2.10 bits per heavy atom. The molecular formula is C15H25N3OS. The molecule has 1 aromatic rings. The van der Waals surface area contributed by atoms with Crippen molar-refractivity contribution in [3.05, 3.63) is 10.6 Å². The molecule has 5 heteroatoms. The van der Waals surface area contributed by atoms with Crippen LogP contribution in [0.25, 0.3) is 0 Å². The third-order valence-corrected chi connectivity index (χ3v) is 5.98. The molecule has 2 unspecified atom stereocenters. The summed E-state index contributed by atoms with van der Waals surface area (Å²) in [7, 11) is 1.72. The van der Waals surface area contributed by atoms with Crippen LogP contribution in [0.1, 0.15) is 42.7 Å². The molecular weight excluding hydrogens is 270 g/mol. The molecule has 2 fully saturated rings. The first-order valence-electron chi connectivity index (χ1n) is 7.74. The zero-order valence-electron chi connectivity index (χ0n) is 12.3. The normalized spacial score (nSPS) is 26.6. The van der Waals surface area contributed by atoms with Gasteiger partial charge in [0.05, 0.1) is 12.3 Å². The number of methoxy groups -OCH3 is 1. The van der Waals surface area contributed by atoms with Gasteiger partial charge in [0.25, 0.3) is 0 Å². The predicted molar refractivity (Wildman–Crippen MR) is 83.0 cm³/mol. The van der Waals surface area contributed by atoms with Gasteiger partial charge in [0, 0.05) is 31.6 Å². The summed E-state index contributed by atoms with van der Waals surface area (Å²) in [5, 5.41) is 1.15. The largest absolute Gasteiger partial charge is 0.378 e. The molecule has 20 heavy (non-hydrogen) atoms. The molecule has 2 atom stereocenters. The minimum atomic E-state index is 0.566. The lowest BCUT2D eigenvalue weighted by molar-refractivity contribution is 0.181. The molecule has 2 heterocycles. The van der Waals surface area contributed by atoms with Crippen molar-refractivity contribution in [1.29, 1.82) is 0 Å². The highest BCUT2D eigenvalue weighted by molar-refractivity contribution is 7.15. The molecule has 0 amide bonds. The van der Waals surface area contributed by atoms with Crippen molar-refractivity contribution in [2.24, 2.45) is 17.6 Å². The number of aromatic nitrogens is 1. The minimum absolute atomic E-state index is 0.566. The average molecular weight is 295 g/mol. The Morgan fingerprint density at radius 3 is 2.85 bits per heavy atom. The summed E-state index contributed by atoms with van der Waals surface area (Å²) < 4.78 is 5.23. The molecule has 0 spiro atoms. The summed E-state index contributed by atoms with van der Waals surface area (Å²) in [5.41, 5.74) is 6.85. The summed E-state index contributed by atoms with van der Waals surface area (Å²) in [6.45, 7) is 3.49. The summed E-state index contributed by atoms with van der Waals surface area (Å²) in [5.74, 6) is 1.85. The lowest BCUT2D eigenvalue weighted by atomic mass is 9.75. The number of thiazole rings is 1. The van der Waals surface area contributed by atoms with Gasteiger partial charge in [0.1, 0.15) is 0 Å². The number of hydrogen-bond acceptors (Lipinski definition) is 5. The molecule has 0 aromatic carbocycles. The van der Waals surface area contributed by atoms with Gasteiger partial charge in [0.15, 0.2) is 5.13 Å². The van der Waals surface area contributed by atoms with Crippen LogP contribution in [0, 0.1) is 11.8 Å². The maximum atomic E-state index is 5.83. The second-order valence-electron chi connectivity index (χ2n) is 6.04. The topological polar surface area (TPSA) is 51.4 Å². The molecule has 2 N–H and O–H groups in total. The minimum Gasteiger partial charge on any atom is -0.378 e.